The quantitative estimate of drug-likeness (QED) is 0.725. The van der Waals surface area contributed by atoms with E-state index in [1.807, 2.05) is 30.3 Å². The van der Waals surface area contributed by atoms with Crippen LogP contribution in [0.5, 0.6) is 0 Å². The van der Waals surface area contributed by atoms with Crippen molar-refractivity contribution in [2.75, 3.05) is 25.0 Å². The van der Waals surface area contributed by atoms with Gasteiger partial charge in [0.15, 0.2) is 0 Å². The summed E-state index contributed by atoms with van der Waals surface area (Å²) in [5, 5.41) is 6.38. The Kier molecular flexibility index (Phi) is 6.88. The summed E-state index contributed by atoms with van der Waals surface area (Å²) in [6, 6.07) is 14.7. The summed E-state index contributed by atoms with van der Waals surface area (Å²) in [5.74, 6) is -0.189. The van der Waals surface area contributed by atoms with E-state index < -0.39 is 0 Å². The number of carbonyl (C=O) groups excluding carboxylic acids is 2. The van der Waals surface area contributed by atoms with Crippen LogP contribution >= 0.6 is 27.5 Å². The Morgan fingerprint density at radius 1 is 1.11 bits per heavy atom. The monoisotopic (exact) mass is 449 g/mol. The minimum atomic E-state index is -0.165. The molecule has 3 rings (SSSR count). The number of rotatable bonds is 5. The average molecular weight is 451 g/mol. The molecule has 0 unspecified atom stereocenters. The molecule has 0 aliphatic carbocycles. The predicted octanol–water partition coefficient (Wildman–Crippen LogP) is 3.94. The molecule has 0 bridgehead atoms. The molecule has 1 aliphatic rings. The zero-order valence-corrected chi connectivity index (χ0v) is 17.1. The molecule has 1 saturated heterocycles. The number of benzene rings is 2. The van der Waals surface area contributed by atoms with Gasteiger partial charge in [-0.15, -0.1) is 0 Å². The molecule has 1 aliphatic heterocycles. The fourth-order valence-electron chi connectivity index (χ4n) is 3.10. The molecule has 2 N–H and O–H groups in total. The van der Waals surface area contributed by atoms with E-state index >= 15 is 0 Å². The van der Waals surface area contributed by atoms with Crippen LogP contribution in [-0.2, 0) is 4.79 Å². The molecule has 0 atom stereocenters. The van der Waals surface area contributed by atoms with Crippen LogP contribution in [0.25, 0.3) is 0 Å². The Morgan fingerprint density at radius 3 is 2.52 bits per heavy atom. The van der Waals surface area contributed by atoms with E-state index in [0.717, 1.165) is 36.1 Å². The second-order valence-electron chi connectivity index (χ2n) is 6.56. The molecule has 27 heavy (non-hydrogen) atoms. The molecular formula is C20H21BrClN3O2. The molecule has 1 heterocycles. The lowest BCUT2D eigenvalue weighted by molar-refractivity contribution is -0.117. The first-order valence-electron chi connectivity index (χ1n) is 8.84. The van der Waals surface area contributed by atoms with Gasteiger partial charge in [0.1, 0.15) is 0 Å². The number of amides is 2. The third kappa shape index (κ3) is 5.79. The van der Waals surface area contributed by atoms with E-state index in [0.29, 0.717) is 17.1 Å². The standard InChI is InChI=1S/C20H21BrClN3O2/c21-14-6-7-18(22)17(12-14)20(27)24-16-8-10-25(11-9-16)13-19(26)23-15-4-2-1-3-5-15/h1-7,12,16H,8-11,13H2,(H,23,26)(H,24,27). The van der Waals surface area contributed by atoms with Crippen LogP contribution in [-0.4, -0.2) is 42.4 Å². The maximum atomic E-state index is 12.5. The van der Waals surface area contributed by atoms with Crippen molar-refractivity contribution < 1.29 is 9.59 Å². The fraction of sp³-hybridized carbons (Fsp3) is 0.300. The highest BCUT2D eigenvalue weighted by atomic mass is 79.9. The third-order valence-corrected chi connectivity index (χ3v) is 5.34. The van der Waals surface area contributed by atoms with Gasteiger partial charge < -0.3 is 10.6 Å². The van der Waals surface area contributed by atoms with E-state index in [-0.39, 0.29) is 17.9 Å². The second-order valence-corrected chi connectivity index (χ2v) is 7.89. The Labute approximate surface area is 172 Å². The van der Waals surface area contributed by atoms with E-state index in [2.05, 4.69) is 31.5 Å². The van der Waals surface area contributed by atoms with Crippen molar-refractivity contribution in [2.45, 2.75) is 18.9 Å². The maximum absolute atomic E-state index is 12.5. The van der Waals surface area contributed by atoms with E-state index in [9.17, 15) is 9.59 Å². The SMILES string of the molecule is O=C(CN1CCC(NC(=O)c2cc(Br)ccc2Cl)CC1)Nc1ccccc1. The summed E-state index contributed by atoms with van der Waals surface area (Å²) < 4.78 is 0.816. The summed E-state index contributed by atoms with van der Waals surface area (Å²) in [5.41, 5.74) is 1.27. The lowest BCUT2D eigenvalue weighted by Crippen LogP contribution is -2.46. The molecule has 2 aromatic rings. The highest BCUT2D eigenvalue weighted by Gasteiger charge is 2.23. The van der Waals surface area contributed by atoms with Gasteiger partial charge in [-0.25, -0.2) is 0 Å². The largest absolute Gasteiger partial charge is 0.349 e. The molecule has 7 heteroatoms. The third-order valence-electron chi connectivity index (χ3n) is 4.52. The number of likely N-dealkylation sites (tertiary alicyclic amines) is 1. The number of nitrogens with one attached hydrogen (secondary N) is 2. The van der Waals surface area contributed by atoms with Crippen molar-refractivity contribution in [3.63, 3.8) is 0 Å². The van der Waals surface area contributed by atoms with Crippen molar-refractivity contribution in [2.24, 2.45) is 0 Å². The summed E-state index contributed by atoms with van der Waals surface area (Å²) >= 11 is 9.48. The van der Waals surface area contributed by atoms with Crippen molar-refractivity contribution in [1.29, 1.82) is 0 Å². The summed E-state index contributed by atoms with van der Waals surface area (Å²) in [4.78, 5) is 26.7. The Hall–Kier alpha value is -1.89. The van der Waals surface area contributed by atoms with Crippen molar-refractivity contribution >= 4 is 45.0 Å². The topological polar surface area (TPSA) is 61.4 Å². The van der Waals surface area contributed by atoms with Gasteiger partial charge in [-0.2, -0.15) is 0 Å². The van der Waals surface area contributed by atoms with E-state index in [1.54, 1.807) is 18.2 Å². The number of anilines is 1. The highest BCUT2D eigenvalue weighted by molar-refractivity contribution is 9.10. The molecule has 2 amide bonds. The Morgan fingerprint density at radius 2 is 1.81 bits per heavy atom. The minimum Gasteiger partial charge on any atom is -0.349 e. The molecule has 142 valence electrons. The first-order chi connectivity index (χ1) is 13.0. The van der Waals surface area contributed by atoms with Gasteiger partial charge >= 0.3 is 0 Å². The van der Waals surface area contributed by atoms with Gasteiger partial charge in [-0.1, -0.05) is 45.7 Å². The second kappa shape index (κ2) is 9.35. The summed E-state index contributed by atoms with van der Waals surface area (Å²) in [7, 11) is 0. The maximum Gasteiger partial charge on any atom is 0.253 e. The molecule has 0 saturated carbocycles. The Balaban J connectivity index is 1.45. The minimum absolute atomic E-state index is 0.0235. The van der Waals surface area contributed by atoms with Crippen LogP contribution in [0.2, 0.25) is 5.02 Å². The lowest BCUT2D eigenvalue weighted by Gasteiger charge is -2.31. The highest BCUT2D eigenvalue weighted by Crippen LogP contribution is 2.21. The number of piperidine rings is 1. The van der Waals surface area contributed by atoms with Crippen LogP contribution in [0.15, 0.2) is 53.0 Å². The van der Waals surface area contributed by atoms with Gasteiger partial charge in [-0.05, 0) is 43.2 Å². The van der Waals surface area contributed by atoms with Gasteiger partial charge in [-0.3, -0.25) is 14.5 Å². The molecule has 0 radical (unpaired) electrons. The van der Waals surface area contributed by atoms with Crippen molar-refractivity contribution in [3.8, 4) is 0 Å². The fourth-order valence-corrected chi connectivity index (χ4v) is 3.66. The Bertz CT molecular complexity index is 808. The summed E-state index contributed by atoms with van der Waals surface area (Å²) in [6.45, 7) is 1.88. The predicted molar refractivity (Wildman–Crippen MR) is 111 cm³/mol. The summed E-state index contributed by atoms with van der Waals surface area (Å²) in [6.07, 6.45) is 1.60. The van der Waals surface area contributed by atoms with Gasteiger partial charge in [0.05, 0.1) is 17.1 Å². The first kappa shape index (κ1) is 19.9. The lowest BCUT2D eigenvalue weighted by atomic mass is 10.0. The number of nitrogens with zero attached hydrogens (tertiary/aromatic N) is 1. The van der Waals surface area contributed by atoms with E-state index in [1.165, 1.54) is 0 Å². The molecular weight excluding hydrogens is 430 g/mol. The first-order valence-corrected chi connectivity index (χ1v) is 10.0. The zero-order valence-electron chi connectivity index (χ0n) is 14.8. The van der Waals surface area contributed by atoms with E-state index in [4.69, 9.17) is 11.6 Å². The van der Waals surface area contributed by atoms with Crippen molar-refractivity contribution in [3.05, 3.63) is 63.6 Å². The number of hydrogen-bond donors (Lipinski definition) is 2. The molecule has 2 aromatic carbocycles. The molecule has 0 spiro atoms. The number of halogens is 2. The van der Waals surface area contributed by atoms with Crippen LogP contribution in [0.4, 0.5) is 5.69 Å². The normalized spacial score (nSPS) is 15.3. The average Bonchev–Trinajstić information content (AvgIpc) is 2.66. The van der Waals surface area contributed by atoms with Crippen LogP contribution in [0.3, 0.4) is 0 Å². The molecule has 1 fully saturated rings. The zero-order chi connectivity index (χ0) is 19.2. The smallest absolute Gasteiger partial charge is 0.253 e. The van der Waals surface area contributed by atoms with Crippen LogP contribution in [0, 0.1) is 0 Å². The van der Waals surface area contributed by atoms with Gasteiger partial charge in [0.2, 0.25) is 5.91 Å². The number of carbonyl (C=O) groups is 2. The van der Waals surface area contributed by atoms with Gasteiger partial charge in [0.25, 0.3) is 5.91 Å². The van der Waals surface area contributed by atoms with Crippen LogP contribution < -0.4 is 10.6 Å². The number of para-hydroxylation sites is 1. The molecule has 0 aromatic heterocycles. The number of hydrogen-bond acceptors (Lipinski definition) is 3. The van der Waals surface area contributed by atoms with Crippen molar-refractivity contribution in [1.82, 2.24) is 10.2 Å². The van der Waals surface area contributed by atoms with Crippen LogP contribution in [0.1, 0.15) is 23.2 Å². The van der Waals surface area contributed by atoms with Gasteiger partial charge in [0, 0.05) is 29.3 Å². The molecule has 5 nitrogen and oxygen atoms in total.